The first-order valence-electron chi connectivity index (χ1n) is 4.43. The molecule has 0 atom stereocenters. The van der Waals surface area contributed by atoms with Crippen molar-refractivity contribution in [2.24, 2.45) is 0 Å². The quantitative estimate of drug-likeness (QED) is 0.685. The van der Waals surface area contributed by atoms with Crippen molar-refractivity contribution in [3.05, 3.63) is 18.1 Å². The molecule has 0 saturated heterocycles. The van der Waals surface area contributed by atoms with Gasteiger partial charge in [-0.15, -0.1) is 0 Å². The van der Waals surface area contributed by atoms with Crippen LogP contribution in [0.1, 0.15) is 37.2 Å². The number of aromatic nitrogens is 2. The molecule has 0 unspecified atom stereocenters. The predicted octanol–water partition coefficient (Wildman–Crippen LogP) is 1.72. The van der Waals surface area contributed by atoms with E-state index in [9.17, 15) is 0 Å². The van der Waals surface area contributed by atoms with Crippen molar-refractivity contribution in [3.63, 3.8) is 0 Å². The van der Waals surface area contributed by atoms with Gasteiger partial charge in [0.25, 0.3) is 0 Å². The van der Waals surface area contributed by atoms with Gasteiger partial charge in [0, 0.05) is 11.8 Å². The number of nitrogen functional groups attached to an aromatic ring is 1. The molecule has 64 valence electrons. The molecule has 1 aliphatic rings. The Labute approximate surface area is 72.0 Å². The summed E-state index contributed by atoms with van der Waals surface area (Å²) in [4.78, 5) is 7.99. The molecule has 0 bridgehead atoms. The Morgan fingerprint density at radius 3 is 2.75 bits per heavy atom. The number of hydrogen-bond acceptors (Lipinski definition) is 3. The lowest BCUT2D eigenvalue weighted by Crippen LogP contribution is -2.01. The maximum atomic E-state index is 5.75. The van der Waals surface area contributed by atoms with E-state index in [0.29, 0.717) is 11.7 Å². The smallest absolute Gasteiger partial charge is 0.130 e. The molecule has 0 aromatic carbocycles. The standard InChI is InChI=1S/C9H13N3/c10-9-8(5-11-6-12-9)7-3-1-2-4-7/h5-7H,1-4H2,(H2,10,11,12). The van der Waals surface area contributed by atoms with Crippen LogP contribution in [0.4, 0.5) is 5.82 Å². The van der Waals surface area contributed by atoms with Crippen molar-refractivity contribution < 1.29 is 0 Å². The molecule has 0 amide bonds. The third kappa shape index (κ3) is 1.26. The van der Waals surface area contributed by atoms with E-state index in [0.717, 1.165) is 5.56 Å². The first-order valence-corrected chi connectivity index (χ1v) is 4.43. The van der Waals surface area contributed by atoms with Crippen molar-refractivity contribution >= 4 is 5.82 Å². The topological polar surface area (TPSA) is 51.8 Å². The van der Waals surface area contributed by atoms with E-state index in [-0.39, 0.29) is 0 Å². The number of anilines is 1. The van der Waals surface area contributed by atoms with Gasteiger partial charge in [0.05, 0.1) is 0 Å². The highest BCUT2D eigenvalue weighted by molar-refractivity contribution is 5.39. The molecule has 12 heavy (non-hydrogen) atoms. The van der Waals surface area contributed by atoms with Gasteiger partial charge < -0.3 is 5.73 Å². The Bertz CT molecular complexity index is 266. The van der Waals surface area contributed by atoms with Gasteiger partial charge in [0.2, 0.25) is 0 Å². The summed E-state index contributed by atoms with van der Waals surface area (Å²) < 4.78 is 0. The highest BCUT2D eigenvalue weighted by atomic mass is 14.9. The summed E-state index contributed by atoms with van der Waals surface area (Å²) in [6.45, 7) is 0. The molecule has 3 nitrogen and oxygen atoms in total. The van der Waals surface area contributed by atoms with Gasteiger partial charge >= 0.3 is 0 Å². The lowest BCUT2D eigenvalue weighted by molar-refractivity contribution is 0.717. The number of nitrogens with two attached hydrogens (primary N) is 1. The molecule has 0 spiro atoms. The minimum Gasteiger partial charge on any atom is -0.383 e. The summed E-state index contributed by atoms with van der Waals surface area (Å²) >= 11 is 0. The van der Waals surface area contributed by atoms with Gasteiger partial charge in [0.15, 0.2) is 0 Å². The third-order valence-electron chi connectivity index (χ3n) is 2.57. The molecule has 1 aromatic rings. The normalized spacial score (nSPS) is 18.3. The fraction of sp³-hybridized carbons (Fsp3) is 0.556. The van der Waals surface area contributed by atoms with Crippen molar-refractivity contribution in [2.45, 2.75) is 31.6 Å². The predicted molar refractivity (Wildman–Crippen MR) is 47.7 cm³/mol. The average molecular weight is 163 g/mol. The van der Waals surface area contributed by atoms with E-state index in [4.69, 9.17) is 5.73 Å². The largest absolute Gasteiger partial charge is 0.383 e. The van der Waals surface area contributed by atoms with Crippen LogP contribution in [0.5, 0.6) is 0 Å². The minimum absolute atomic E-state index is 0.617. The summed E-state index contributed by atoms with van der Waals surface area (Å²) in [5.74, 6) is 1.28. The maximum absolute atomic E-state index is 5.75. The van der Waals surface area contributed by atoms with Crippen molar-refractivity contribution in [3.8, 4) is 0 Å². The van der Waals surface area contributed by atoms with Crippen LogP contribution in [-0.4, -0.2) is 9.97 Å². The Morgan fingerprint density at radius 2 is 2.08 bits per heavy atom. The highest BCUT2D eigenvalue weighted by Crippen LogP contribution is 2.35. The second-order valence-corrected chi connectivity index (χ2v) is 3.34. The van der Waals surface area contributed by atoms with E-state index >= 15 is 0 Å². The van der Waals surface area contributed by atoms with E-state index in [1.54, 1.807) is 0 Å². The Kier molecular flexibility index (Phi) is 1.94. The zero-order valence-electron chi connectivity index (χ0n) is 7.03. The zero-order valence-corrected chi connectivity index (χ0v) is 7.03. The van der Waals surface area contributed by atoms with Crippen LogP contribution in [0.2, 0.25) is 0 Å². The van der Waals surface area contributed by atoms with Crippen LogP contribution in [0.15, 0.2) is 12.5 Å². The maximum Gasteiger partial charge on any atom is 0.130 e. The summed E-state index contributed by atoms with van der Waals surface area (Å²) in [6.07, 6.45) is 8.50. The molecular weight excluding hydrogens is 150 g/mol. The number of hydrogen-bond donors (Lipinski definition) is 1. The van der Waals surface area contributed by atoms with Gasteiger partial charge in [-0.05, 0) is 18.8 Å². The molecule has 1 aliphatic carbocycles. The van der Waals surface area contributed by atoms with Crippen LogP contribution >= 0.6 is 0 Å². The third-order valence-corrected chi connectivity index (χ3v) is 2.57. The van der Waals surface area contributed by atoms with E-state index in [1.165, 1.54) is 32.0 Å². The molecule has 0 radical (unpaired) electrons. The van der Waals surface area contributed by atoms with E-state index in [1.807, 2.05) is 6.20 Å². The first kappa shape index (κ1) is 7.53. The fourth-order valence-corrected chi connectivity index (χ4v) is 1.90. The van der Waals surface area contributed by atoms with Crippen LogP contribution in [0.25, 0.3) is 0 Å². The SMILES string of the molecule is Nc1ncncc1C1CCCC1. The van der Waals surface area contributed by atoms with Crippen molar-refractivity contribution in [2.75, 3.05) is 5.73 Å². The Balaban J connectivity index is 2.26. The van der Waals surface area contributed by atoms with Crippen molar-refractivity contribution in [1.82, 2.24) is 9.97 Å². The van der Waals surface area contributed by atoms with E-state index < -0.39 is 0 Å². The fourth-order valence-electron chi connectivity index (χ4n) is 1.90. The summed E-state index contributed by atoms with van der Waals surface area (Å²) in [6, 6.07) is 0. The minimum atomic E-state index is 0.617. The Morgan fingerprint density at radius 1 is 1.33 bits per heavy atom. The summed E-state index contributed by atoms with van der Waals surface area (Å²) in [5.41, 5.74) is 6.90. The molecule has 2 rings (SSSR count). The molecule has 1 heterocycles. The molecule has 1 aromatic heterocycles. The molecule has 0 aliphatic heterocycles. The molecule has 1 saturated carbocycles. The average Bonchev–Trinajstić information content (AvgIpc) is 2.57. The van der Waals surface area contributed by atoms with Gasteiger partial charge in [-0.25, -0.2) is 9.97 Å². The zero-order chi connectivity index (χ0) is 8.39. The molecule has 2 N–H and O–H groups in total. The highest BCUT2D eigenvalue weighted by Gasteiger charge is 2.19. The van der Waals surface area contributed by atoms with Crippen LogP contribution in [0, 0.1) is 0 Å². The van der Waals surface area contributed by atoms with E-state index in [2.05, 4.69) is 9.97 Å². The number of rotatable bonds is 1. The van der Waals surface area contributed by atoms with Crippen LogP contribution < -0.4 is 5.73 Å². The van der Waals surface area contributed by atoms with Gasteiger partial charge in [-0.3, -0.25) is 0 Å². The lowest BCUT2D eigenvalue weighted by atomic mass is 10.0. The van der Waals surface area contributed by atoms with Crippen molar-refractivity contribution in [1.29, 1.82) is 0 Å². The lowest BCUT2D eigenvalue weighted by Gasteiger charge is -2.09. The van der Waals surface area contributed by atoms with Gasteiger partial charge in [-0.2, -0.15) is 0 Å². The van der Waals surface area contributed by atoms with Crippen LogP contribution in [-0.2, 0) is 0 Å². The molecule has 1 fully saturated rings. The molecular formula is C9H13N3. The second kappa shape index (κ2) is 3.09. The summed E-state index contributed by atoms with van der Waals surface area (Å²) in [7, 11) is 0. The first-order chi connectivity index (χ1) is 5.88. The second-order valence-electron chi connectivity index (χ2n) is 3.34. The van der Waals surface area contributed by atoms with Crippen LogP contribution in [0.3, 0.4) is 0 Å². The summed E-state index contributed by atoms with van der Waals surface area (Å²) in [5, 5.41) is 0. The number of nitrogens with zero attached hydrogens (tertiary/aromatic N) is 2. The van der Waals surface area contributed by atoms with Gasteiger partial charge in [0.1, 0.15) is 12.1 Å². The Hall–Kier alpha value is -1.12. The van der Waals surface area contributed by atoms with Gasteiger partial charge in [-0.1, -0.05) is 12.8 Å². The monoisotopic (exact) mass is 163 g/mol. The molecule has 3 heteroatoms.